The number of rotatable bonds is 11. The fraction of sp³-hybridized carbons (Fsp3) is 0.400. The second-order valence-corrected chi connectivity index (χ2v) is 8.05. The molecule has 0 aliphatic rings. The third-order valence-corrected chi connectivity index (χ3v) is 5.70. The minimum absolute atomic E-state index is 0.192. The first-order valence-corrected chi connectivity index (χ1v) is 10.6. The molecule has 0 aliphatic carbocycles. The summed E-state index contributed by atoms with van der Waals surface area (Å²) in [7, 11) is -3.11. The van der Waals surface area contributed by atoms with E-state index in [1.54, 1.807) is 0 Å². The van der Waals surface area contributed by atoms with Gasteiger partial charge in [0.15, 0.2) is 0 Å². The maximum atomic E-state index is 11.6. The number of hydrogen-bond donors (Lipinski definition) is 2. The average molecular weight is 361 g/mol. The summed E-state index contributed by atoms with van der Waals surface area (Å²) in [6, 6.07) is 21.0. The Labute approximate surface area is 151 Å². The lowest BCUT2D eigenvalue weighted by Gasteiger charge is -2.18. The van der Waals surface area contributed by atoms with E-state index in [9.17, 15) is 8.42 Å². The van der Waals surface area contributed by atoms with Crippen LogP contribution in [-0.4, -0.2) is 33.8 Å². The van der Waals surface area contributed by atoms with Gasteiger partial charge in [0.25, 0.3) is 0 Å². The summed E-state index contributed by atoms with van der Waals surface area (Å²) in [6.45, 7) is 3.78. The monoisotopic (exact) mass is 360 g/mol. The van der Waals surface area contributed by atoms with Crippen LogP contribution in [0.2, 0.25) is 0 Å². The SMILES string of the molecule is CCCS(=O)(=O)NCCNCCC(c1ccccc1)c1ccccc1. The van der Waals surface area contributed by atoms with Gasteiger partial charge in [-0.3, -0.25) is 0 Å². The molecule has 0 aliphatic heterocycles. The zero-order valence-corrected chi connectivity index (χ0v) is 15.6. The molecule has 136 valence electrons. The Balaban J connectivity index is 1.83. The predicted octanol–water partition coefficient (Wildman–Crippen LogP) is 3.13. The van der Waals surface area contributed by atoms with E-state index in [0.29, 0.717) is 25.4 Å². The maximum Gasteiger partial charge on any atom is 0.211 e. The lowest BCUT2D eigenvalue weighted by molar-refractivity contribution is 0.569. The third-order valence-electron chi connectivity index (χ3n) is 4.11. The molecule has 0 aromatic heterocycles. The van der Waals surface area contributed by atoms with Crippen molar-refractivity contribution in [3.63, 3.8) is 0 Å². The van der Waals surface area contributed by atoms with E-state index in [4.69, 9.17) is 0 Å². The van der Waals surface area contributed by atoms with E-state index in [2.05, 4.69) is 58.6 Å². The van der Waals surface area contributed by atoms with E-state index < -0.39 is 10.0 Å². The van der Waals surface area contributed by atoms with Crippen LogP contribution >= 0.6 is 0 Å². The zero-order chi connectivity index (χ0) is 18.0. The van der Waals surface area contributed by atoms with Gasteiger partial charge in [-0.25, -0.2) is 13.1 Å². The Kier molecular flexibility index (Phi) is 8.12. The summed E-state index contributed by atoms with van der Waals surface area (Å²) in [4.78, 5) is 0. The summed E-state index contributed by atoms with van der Waals surface area (Å²) in [6.07, 6.45) is 1.61. The smallest absolute Gasteiger partial charge is 0.211 e. The van der Waals surface area contributed by atoms with Crippen LogP contribution in [0.3, 0.4) is 0 Å². The molecule has 25 heavy (non-hydrogen) atoms. The summed E-state index contributed by atoms with van der Waals surface area (Å²) < 4.78 is 25.8. The standard InChI is InChI=1S/C20H28N2O2S/c1-2-17-25(23,24)22-16-15-21-14-13-20(18-9-5-3-6-10-18)19-11-7-4-8-12-19/h3-12,20-22H,2,13-17H2,1H3. The number of hydrogen-bond acceptors (Lipinski definition) is 3. The van der Waals surface area contributed by atoms with Crippen LogP contribution in [0.5, 0.6) is 0 Å². The Morgan fingerprint density at radius 3 is 1.92 bits per heavy atom. The van der Waals surface area contributed by atoms with Gasteiger partial charge in [0.05, 0.1) is 5.75 Å². The maximum absolute atomic E-state index is 11.6. The van der Waals surface area contributed by atoms with Crippen LogP contribution in [0.4, 0.5) is 0 Å². The number of benzene rings is 2. The molecule has 0 amide bonds. The minimum atomic E-state index is -3.11. The Morgan fingerprint density at radius 1 is 0.840 bits per heavy atom. The normalized spacial score (nSPS) is 11.8. The molecule has 0 radical (unpaired) electrons. The predicted molar refractivity (Wildman–Crippen MR) is 104 cm³/mol. The zero-order valence-electron chi connectivity index (χ0n) is 14.8. The van der Waals surface area contributed by atoms with Gasteiger partial charge in [0.2, 0.25) is 10.0 Å². The highest BCUT2D eigenvalue weighted by Gasteiger charge is 2.13. The van der Waals surface area contributed by atoms with Crippen molar-refractivity contribution in [3.05, 3.63) is 71.8 Å². The Morgan fingerprint density at radius 2 is 1.40 bits per heavy atom. The van der Waals surface area contributed by atoms with Crippen molar-refractivity contribution in [1.82, 2.24) is 10.0 Å². The van der Waals surface area contributed by atoms with E-state index in [-0.39, 0.29) is 5.75 Å². The second-order valence-electron chi connectivity index (χ2n) is 6.13. The van der Waals surface area contributed by atoms with Crippen LogP contribution in [0, 0.1) is 0 Å². The lowest BCUT2D eigenvalue weighted by Crippen LogP contribution is -2.33. The molecular formula is C20H28N2O2S. The molecule has 0 atom stereocenters. The quantitative estimate of drug-likeness (QED) is 0.605. The summed E-state index contributed by atoms with van der Waals surface area (Å²) in [5.41, 5.74) is 2.61. The van der Waals surface area contributed by atoms with Crippen LogP contribution in [0.15, 0.2) is 60.7 Å². The molecule has 2 N–H and O–H groups in total. The van der Waals surface area contributed by atoms with Crippen LogP contribution in [0.25, 0.3) is 0 Å². The molecule has 0 fully saturated rings. The summed E-state index contributed by atoms with van der Waals surface area (Å²) in [5, 5.41) is 3.34. The first-order valence-electron chi connectivity index (χ1n) is 8.90. The fourth-order valence-corrected chi connectivity index (χ4v) is 4.00. The molecule has 0 unspecified atom stereocenters. The van der Waals surface area contributed by atoms with Crippen molar-refractivity contribution in [3.8, 4) is 0 Å². The van der Waals surface area contributed by atoms with E-state index in [1.807, 2.05) is 19.1 Å². The highest BCUT2D eigenvalue weighted by Crippen LogP contribution is 2.27. The molecule has 2 rings (SSSR count). The molecular weight excluding hydrogens is 332 g/mol. The highest BCUT2D eigenvalue weighted by atomic mass is 32.2. The van der Waals surface area contributed by atoms with Gasteiger partial charge in [-0.15, -0.1) is 0 Å². The summed E-state index contributed by atoms with van der Waals surface area (Å²) in [5.74, 6) is 0.531. The van der Waals surface area contributed by atoms with Crippen LogP contribution in [0.1, 0.15) is 36.8 Å². The van der Waals surface area contributed by atoms with Gasteiger partial charge in [0.1, 0.15) is 0 Å². The summed E-state index contributed by atoms with van der Waals surface area (Å²) >= 11 is 0. The first kappa shape index (κ1) is 19.6. The minimum Gasteiger partial charge on any atom is -0.315 e. The van der Waals surface area contributed by atoms with Crippen molar-refractivity contribution in [2.24, 2.45) is 0 Å². The van der Waals surface area contributed by atoms with Gasteiger partial charge >= 0.3 is 0 Å². The Bertz CT molecular complexity index is 663. The lowest BCUT2D eigenvalue weighted by atomic mass is 9.88. The number of sulfonamides is 1. The molecule has 0 saturated carbocycles. The largest absolute Gasteiger partial charge is 0.315 e. The molecule has 0 saturated heterocycles. The van der Waals surface area contributed by atoms with Crippen molar-refractivity contribution >= 4 is 10.0 Å². The van der Waals surface area contributed by atoms with Crippen molar-refractivity contribution in [2.45, 2.75) is 25.7 Å². The van der Waals surface area contributed by atoms with Gasteiger partial charge in [-0.2, -0.15) is 0 Å². The second kappa shape index (κ2) is 10.3. The van der Waals surface area contributed by atoms with Crippen LogP contribution < -0.4 is 10.0 Å². The number of nitrogens with one attached hydrogen (secondary N) is 2. The average Bonchev–Trinajstić information content (AvgIpc) is 2.62. The third kappa shape index (κ3) is 6.98. The van der Waals surface area contributed by atoms with Gasteiger partial charge in [-0.05, 0) is 30.5 Å². The molecule has 5 heteroatoms. The molecule has 0 heterocycles. The molecule has 0 bridgehead atoms. The van der Waals surface area contributed by atoms with Gasteiger partial charge in [-0.1, -0.05) is 67.6 Å². The van der Waals surface area contributed by atoms with Gasteiger partial charge in [0, 0.05) is 19.0 Å². The fourth-order valence-electron chi connectivity index (χ4n) is 2.90. The van der Waals surface area contributed by atoms with E-state index in [0.717, 1.165) is 13.0 Å². The topological polar surface area (TPSA) is 58.2 Å². The first-order chi connectivity index (χ1) is 12.1. The molecule has 0 spiro atoms. The Hall–Kier alpha value is -1.69. The van der Waals surface area contributed by atoms with Crippen molar-refractivity contribution in [2.75, 3.05) is 25.4 Å². The molecule has 4 nitrogen and oxygen atoms in total. The van der Waals surface area contributed by atoms with Crippen molar-refractivity contribution in [1.29, 1.82) is 0 Å². The highest BCUT2D eigenvalue weighted by molar-refractivity contribution is 7.89. The van der Waals surface area contributed by atoms with E-state index >= 15 is 0 Å². The van der Waals surface area contributed by atoms with E-state index in [1.165, 1.54) is 11.1 Å². The van der Waals surface area contributed by atoms with Crippen molar-refractivity contribution < 1.29 is 8.42 Å². The van der Waals surface area contributed by atoms with Crippen LogP contribution in [-0.2, 0) is 10.0 Å². The molecule has 2 aromatic rings. The molecule has 2 aromatic carbocycles. The van der Waals surface area contributed by atoms with Gasteiger partial charge < -0.3 is 5.32 Å².